The fraction of sp³-hybridized carbons (Fsp3) is 0.731. The minimum atomic E-state index is -1.01. The molecule has 2 N–H and O–H groups in total. The van der Waals surface area contributed by atoms with Gasteiger partial charge in [-0.05, 0) is 56.2 Å². The average molecular weight is 446 g/mol. The molecule has 6 heteroatoms. The maximum Gasteiger partial charge on any atom is 0.161 e. The summed E-state index contributed by atoms with van der Waals surface area (Å²) in [5.74, 6) is 2.17. The summed E-state index contributed by atoms with van der Waals surface area (Å²) in [6.07, 6.45) is 6.40. The van der Waals surface area contributed by atoms with Crippen LogP contribution < -0.4 is 9.47 Å². The first kappa shape index (κ1) is 23.5. The Bertz CT molecular complexity index is 801. The van der Waals surface area contributed by atoms with Gasteiger partial charge >= 0.3 is 0 Å². The minimum Gasteiger partial charge on any atom is -0.493 e. The molecule has 4 rings (SSSR count). The molecule has 0 radical (unpaired) electrons. The van der Waals surface area contributed by atoms with Gasteiger partial charge in [-0.1, -0.05) is 32.3 Å². The second kappa shape index (κ2) is 9.32. The zero-order valence-corrected chi connectivity index (χ0v) is 19.8. The van der Waals surface area contributed by atoms with Crippen molar-refractivity contribution in [2.24, 2.45) is 11.3 Å². The van der Waals surface area contributed by atoms with Crippen molar-refractivity contribution in [1.82, 2.24) is 4.90 Å². The zero-order valence-electron chi connectivity index (χ0n) is 19.8. The Labute approximate surface area is 191 Å². The van der Waals surface area contributed by atoms with Crippen molar-refractivity contribution >= 4 is 6.29 Å². The van der Waals surface area contributed by atoms with Crippen molar-refractivity contribution in [2.45, 2.75) is 82.5 Å². The van der Waals surface area contributed by atoms with E-state index < -0.39 is 23.2 Å². The average Bonchev–Trinajstić information content (AvgIpc) is 3.57. The number of benzene rings is 1. The second-order valence-electron chi connectivity index (χ2n) is 10.5. The van der Waals surface area contributed by atoms with Gasteiger partial charge < -0.3 is 24.5 Å². The van der Waals surface area contributed by atoms with Crippen LogP contribution in [-0.4, -0.2) is 66.0 Å². The summed E-state index contributed by atoms with van der Waals surface area (Å²) in [5, 5.41) is 21.7. The summed E-state index contributed by atoms with van der Waals surface area (Å²) >= 11 is 0. The van der Waals surface area contributed by atoms with E-state index in [0.29, 0.717) is 31.9 Å². The van der Waals surface area contributed by atoms with E-state index in [1.54, 1.807) is 7.11 Å². The Balaban J connectivity index is 1.66. The van der Waals surface area contributed by atoms with Crippen molar-refractivity contribution in [1.29, 1.82) is 0 Å². The second-order valence-corrected chi connectivity index (χ2v) is 10.5. The van der Waals surface area contributed by atoms with Gasteiger partial charge in [0.25, 0.3) is 0 Å². The van der Waals surface area contributed by atoms with Crippen molar-refractivity contribution < 1.29 is 24.5 Å². The number of hydrogen-bond acceptors (Lipinski definition) is 6. The quantitative estimate of drug-likeness (QED) is 0.566. The van der Waals surface area contributed by atoms with Crippen LogP contribution in [0.25, 0.3) is 0 Å². The predicted molar refractivity (Wildman–Crippen MR) is 123 cm³/mol. The Morgan fingerprint density at radius 2 is 1.91 bits per heavy atom. The summed E-state index contributed by atoms with van der Waals surface area (Å²) in [7, 11) is 1.66. The molecule has 0 aromatic heterocycles. The predicted octanol–water partition coefficient (Wildman–Crippen LogP) is 3.53. The highest BCUT2D eigenvalue weighted by molar-refractivity contribution is 5.58. The van der Waals surface area contributed by atoms with Gasteiger partial charge in [0.05, 0.1) is 25.4 Å². The topological polar surface area (TPSA) is 79.2 Å². The van der Waals surface area contributed by atoms with Crippen LogP contribution in [0.1, 0.15) is 70.3 Å². The standard InChI is InChI=1S/C26H39NO5/c1-18(29)25(2)17-27(26(24(30)15-28)11-5-4-6-12-26)14-21(25)20-9-10-22(31-3)23(13-20)32-16-19-7-8-19/h9-10,13,15,18-19,21,24,29-30H,4-8,11-12,14,16-17H2,1-3H3. The van der Waals surface area contributed by atoms with Crippen molar-refractivity contribution in [3.05, 3.63) is 23.8 Å². The molecule has 2 aliphatic carbocycles. The molecule has 4 unspecified atom stereocenters. The van der Waals surface area contributed by atoms with Gasteiger partial charge in [-0.2, -0.15) is 0 Å². The summed E-state index contributed by atoms with van der Waals surface area (Å²) in [6, 6.07) is 6.10. The van der Waals surface area contributed by atoms with Gasteiger partial charge in [-0.3, -0.25) is 4.90 Å². The van der Waals surface area contributed by atoms with Gasteiger partial charge in [0.15, 0.2) is 11.5 Å². The lowest BCUT2D eigenvalue weighted by Gasteiger charge is -2.47. The third-order valence-corrected chi connectivity index (χ3v) is 8.48. The van der Waals surface area contributed by atoms with Gasteiger partial charge in [-0.25, -0.2) is 0 Å². The summed E-state index contributed by atoms with van der Waals surface area (Å²) in [6.45, 7) is 6.03. The molecule has 1 aliphatic heterocycles. The fourth-order valence-corrected chi connectivity index (χ4v) is 5.87. The molecule has 2 saturated carbocycles. The highest BCUT2D eigenvalue weighted by Crippen LogP contribution is 2.51. The van der Waals surface area contributed by atoms with E-state index in [4.69, 9.17) is 9.47 Å². The van der Waals surface area contributed by atoms with Crippen LogP contribution in [0.15, 0.2) is 18.2 Å². The zero-order chi connectivity index (χ0) is 22.9. The first-order valence-corrected chi connectivity index (χ1v) is 12.2. The number of methoxy groups -OCH3 is 1. The third-order valence-electron chi connectivity index (χ3n) is 8.48. The maximum absolute atomic E-state index is 11.7. The van der Waals surface area contributed by atoms with Gasteiger partial charge in [0.2, 0.25) is 0 Å². The summed E-state index contributed by atoms with van der Waals surface area (Å²) in [5.41, 5.74) is 0.159. The molecule has 1 saturated heterocycles. The third kappa shape index (κ3) is 4.29. The molecule has 6 nitrogen and oxygen atoms in total. The molecule has 3 aliphatic rings. The number of aliphatic hydroxyl groups excluding tert-OH is 2. The van der Waals surface area contributed by atoms with Gasteiger partial charge in [0, 0.05) is 24.4 Å². The van der Waals surface area contributed by atoms with Crippen LogP contribution in [0.2, 0.25) is 0 Å². The van der Waals surface area contributed by atoms with E-state index in [1.807, 2.05) is 13.0 Å². The van der Waals surface area contributed by atoms with Crippen LogP contribution >= 0.6 is 0 Å². The molecule has 1 aromatic carbocycles. The normalized spacial score (nSPS) is 30.0. The lowest BCUT2D eigenvalue weighted by Crippen LogP contribution is -2.58. The molecule has 1 heterocycles. The SMILES string of the molecule is COc1ccc(C2CN(C3(C(O)C=O)CCCCC3)CC2(C)C(C)O)cc1OCC1CC1. The first-order valence-electron chi connectivity index (χ1n) is 12.2. The van der Waals surface area contributed by atoms with E-state index in [2.05, 4.69) is 24.0 Å². The molecule has 3 fully saturated rings. The molecule has 4 atom stereocenters. The van der Waals surface area contributed by atoms with Crippen LogP contribution in [0.4, 0.5) is 0 Å². The molecular weight excluding hydrogens is 406 g/mol. The molecule has 1 aromatic rings. The molecule has 0 spiro atoms. The smallest absolute Gasteiger partial charge is 0.161 e. The van der Waals surface area contributed by atoms with Crippen molar-refractivity contribution in [3.8, 4) is 11.5 Å². The molecular formula is C26H39NO5. The monoisotopic (exact) mass is 445 g/mol. The highest BCUT2D eigenvalue weighted by atomic mass is 16.5. The number of likely N-dealkylation sites (tertiary alicyclic amines) is 1. The number of rotatable bonds is 9. The Morgan fingerprint density at radius 3 is 2.50 bits per heavy atom. The van der Waals surface area contributed by atoms with Crippen LogP contribution in [-0.2, 0) is 4.79 Å². The van der Waals surface area contributed by atoms with E-state index in [9.17, 15) is 15.0 Å². The summed E-state index contributed by atoms with van der Waals surface area (Å²) < 4.78 is 11.6. The lowest BCUT2D eigenvalue weighted by atomic mass is 9.72. The first-order chi connectivity index (χ1) is 15.3. The minimum absolute atomic E-state index is 0.0503. The molecule has 0 amide bonds. The largest absolute Gasteiger partial charge is 0.493 e. The molecule has 178 valence electrons. The van der Waals surface area contributed by atoms with Crippen molar-refractivity contribution in [2.75, 3.05) is 26.8 Å². The highest BCUT2D eigenvalue weighted by Gasteiger charge is 2.54. The van der Waals surface area contributed by atoms with Crippen molar-refractivity contribution in [3.63, 3.8) is 0 Å². The lowest BCUT2D eigenvalue weighted by molar-refractivity contribution is -0.126. The van der Waals surface area contributed by atoms with E-state index in [-0.39, 0.29) is 5.92 Å². The summed E-state index contributed by atoms with van der Waals surface area (Å²) in [4.78, 5) is 14.0. The van der Waals surface area contributed by atoms with E-state index >= 15 is 0 Å². The number of hydrogen-bond donors (Lipinski definition) is 2. The fourth-order valence-electron chi connectivity index (χ4n) is 5.87. The number of aldehydes is 1. The molecule has 0 bridgehead atoms. The number of aliphatic hydroxyl groups is 2. The van der Waals surface area contributed by atoms with Crippen LogP contribution in [0, 0.1) is 11.3 Å². The number of nitrogens with zero attached hydrogens (tertiary/aromatic N) is 1. The number of carbonyl (C=O) groups is 1. The van der Waals surface area contributed by atoms with Crippen LogP contribution in [0.5, 0.6) is 11.5 Å². The van der Waals surface area contributed by atoms with Gasteiger partial charge in [0.1, 0.15) is 12.4 Å². The van der Waals surface area contributed by atoms with Crippen LogP contribution in [0.3, 0.4) is 0 Å². The van der Waals surface area contributed by atoms with E-state index in [1.165, 1.54) is 12.8 Å². The molecule has 32 heavy (non-hydrogen) atoms. The maximum atomic E-state index is 11.7. The van der Waals surface area contributed by atoms with Gasteiger partial charge in [-0.15, -0.1) is 0 Å². The number of ether oxygens (including phenoxy) is 2. The van der Waals surface area contributed by atoms with E-state index in [0.717, 1.165) is 49.2 Å². The number of carbonyl (C=O) groups excluding carboxylic acids is 1. The Kier molecular flexibility index (Phi) is 6.85. The Hall–Kier alpha value is -1.63. The Morgan fingerprint density at radius 1 is 1.19 bits per heavy atom.